The molecule has 0 fully saturated rings. The molecule has 1 atom stereocenters. The van der Waals surface area contributed by atoms with Crippen LogP contribution < -0.4 is 10.6 Å². The zero-order valence-electron chi connectivity index (χ0n) is 12.0. The topological polar surface area (TPSA) is 61.4 Å². The number of carbonyl (C=O) groups is 1. The summed E-state index contributed by atoms with van der Waals surface area (Å²) in [5, 5.41) is 15.6. The van der Waals surface area contributed by atoms with E-state index < -0.39 is 0 Å². The van der Waals surface area contributed by atoms with Gasteiger partial charge in [0, 0.05) is 18.3 Å². The maximum absolute atomic E-state index is 11.9. The van der Waals surface area contributed by atoms with Gasteiger partial charge in [0.15, 0.2) is 0 Å². The van der Waals surface area contributed by atoms with Crippen molar-refractivity contribution >= 4 is 11.6 Å². The molecule has 0 spiro atoms. The van der Waals surface area contributed by atoms with Gasteiger partial charge in [0.1, 0.15) is 5.75 Å². The van der Waals surface area contributed by atoms with Gasteiger partial charge in [-0.05, 0) is 36.8 Å². The maximum atomic E-state index is 11.9. The van der Waals surface area contributed by atoms with E-state index in [9.17, 15) is 9.90 Å². The predicted octanol–water partition coefficient (Wildman–Crippen LogP) is 2.55. The number of hydrogen-bond donors (Lipinski definition) is 3. The lowest BCUT2D eigenvalue weighted by Crippen LogP contribution is -2.38. The summed E-state index contributed by atoms with van der Waals surface area (Å²) in [5.74, 6) is 0.127. The van der Waals surface area contributed by atoms with Crippen molar-refractivity contribution in [1.82, 2.24) is 5.32 Å². The molecule has 0 saturated carbocycles. The van der Waals surface area contributed by atoms with Crippen molar-refractivity contribution in [3.8, 4) is 5.75 Å². The van der Waals surface area contributed by atoms with Crippen LogP contribution in [0.4, 0.5) is 5.69 Å². The molecule has 3 N–H and O–H groups in total. The van der Waals surface area contributed by atoms with Crippen molar-refractivity contribution in [2.24, 2.45) is 0 Å². The fourth-order valence-corrected chi connectivity index (χ4v) is 2.06. The molecule has 0 aliphatic carbocycles. The third-order valence-corrected chi connectivity index (χ3v) is 3.07. The van der Waals surface area contributed by atoms with Crippen molar-refractivity contribution in [1.29, 1.82) is 0 Å². The average Bonchev–Trinajstić information content (AvgIpc) is 2.46. The van der Waals surface area contributed by atoms with Crippen LogP contribution in [0.5, 0.6) is 5.75 Å². The van der Waals surface area contributed by atoms with E-state index in [0.717, 1.165) is 11.3 Å². The zero-order chi connectivity index (χ0) is 15.1. The molecule has 0 aliphatic rings. The summed E-state index contributed by atoms with van der Waals surface area (Å²) >= 11 is 0. The number of phenols is 1. The van der Waals surface area contributed by atoms with Crippen molar-refractivity contribution in [2.75, 3.05) is 11.9 Å². The van der Waals surface area contributed by atoms with Gasteiger partial charge in [0.2, 0.25) is 5.91 Å². The number of benzene rings is 2. The van der Waals surface area contributed by atoms with Crippen molar-refractivity contribution in [2.45, 2.75) is 19.4 Å². The van der Waals surface area contributed by atoms with Crippen LogP contribution in [0.2, 0.25) is 0 Å². The summed E-state index contributed by atoms with van der Waals surface area (Å²) in [7, 11) is 0. The van der Waals surface area contributed by atoms with Crippen LogP contribution in [0, 0.1) is 0 Å². The summed E-state index contributed by atoms with van der Waals surface area (Å²) < 4.78 is 0. The average molecular weight is 284 g/mol. The van der Waals surface area contributed by atoms with Gasteiger partial charge in [-0.2, -0.15) is 0 Å². The molecule has 0 heterocycles. The fourth-order valence-electron chi connectivity index (χ4n) is 2.06. The SMILES string of the molecule is C[C@H](CNc1ccccc1)NC(=O)Cc1cccc(O)c1. The first kappa shape index (κ1) is 14.9. The Labute approximate surface area is 124 Å². The largest absolute Gasteiger partial charge is 0.508 e. The second-order valence-corrected chi connectivity index (χ2v) is 5.06. The highest BCUT2D eigenvalue weighted by molar-refractivity contribution is 5.79. The molecule has 0 bridgehead atoms. The van der Waals surface area contributed by atoms with Gasteiger partial charge < -0.3 is 15.7 Å². The highest BCUT2D eigenvalue weighted by Crippen LogP contribution is 2.11. The summed E-state index contributed by atoms with van der Waals surface area (Å²) in [6.45, 7) is 2.62. The number of aromatic hydroxyl groups is 1. The fraction of sp³-hybridized carbons (Fsp3) is 0.235. The van der Waals surface area contributed by atoms with Crippen molar-refractivity contribution in [3.05, 3.63) is 60.2 Å². The van der Waals surface area contributed by atoms with E-state index >= 15 is 0 Å². The Bertz CT molecular complexity index is 584. The Kier molecular flexibility index (Phi) is 5.21. The van der Waals surface area contributed by atoms with E-state index in [0.29, 0.717) is 6.54 Å². The van der Waals surface area contributed by atoms with Crippen LogP contribution in [0.25, 0.3) is 0 Å². The van der Waals surface area contributed by atoms with E-state index in [2.05, 4.69) is 10.6 Å². The Morgan fingerprint density at radius 1 is 1.14 bits per heavy atom. The van der Waals surface area contributed by atoms with Crippen LogP contribution >= 0.6 is 0 Å². The number of para-hydroxylation sites is 1. The van der Waals surface area contributed by atoms with E-state index in [1.807, 2.05) is 43.3 Å². The van der Waals surface area contributed by atoms with Crippen LogP contribution in [-0.4, -0.2) is 23.6 Å². The van der Waals surface area contributed by atoms with Crippen LogP contribution in [0.3, 0.4) is 0 Å². The number of amides is 1. The standard InChI is InChI=1S/C17H20N2O2/c1-13(12-18-15-7-3-2-4-8-15)19-17(21)11-14-6-5-9-16(20)10-14/h2-10,13,18,20H,11-12H2,1H3,(H,19,21)/t13-/m1/s1. The number of anilines is 1. The molecule has 2 aromatic carbocycles. The third kappa shape index (κ3) is 5.18. The minimum absolute atomic E-state index is 0.0232. The van der Waals surface area contributed by atoms with Gasteiger partial charge in [-0.3, -0.25) is 4.79 Å². The van der Waals surface area contributed by atoms with E-state index in [1.54, 1.807) is 18.2 Å². The normalized spacial score (nSPS) is 11.7. The molecular weight excluding hydrogens is 264 g/mol. The van der Waals surface area contributed by atoms with Gasteiger partial charge >= 0.3 is 0 Å². The third-order valence-electron chi connectivity index (χ3n) is 3.07. The molecule has 4 heteroatoms. The quantitative estimate of drug-likeness (QED) is 0.764. The second kappa shape index (κ2) is 7.33. The Balaban J connectivity index is 1.77. The number of nitrogens with one attached hydrogen (secondary N) is 2. The first-order chi connectivity index (χ1) is 10.1. The first-order valence-electron chi connectivity index (χ1n) is 6.99. The molecule has 0 aromatic heterocycles. The lowest BCUT2D eigenvalue weighted by molar-refractivity contribution is -0.120. The summed E-state index contributed by atoms with van der Waals surface area (Å²) in [6.07, 6.45) is 0.268. The van der Waals surface area contributed by atoms with Gasteiger partial charge in [0.25, 0.3) is 0 Å². The summed E-state index contributed by atoms with van der Waals surface area (Å²) in [6, 6.07) is 16.6. The molecule has 110 valence electrons. The smallest absolute Gasteiger partial charge is 0.224 e. The Hall–Kier alpha value is -2.49. The first-order valence-corrected chi connectivity index (χ1v) is 6.99. The monoisotopic (exact) mass is 284 g/mol. The molecule has 0 unspecified atom stereocenters. The molecule has 2 aromatic rings. The summed E-state index contributed by atoms with van der Waals surface area (Å²) in [4.78, 5) is 11.9. The van der Waals surface area contributed by atoms with Gasteiger partial charge in [-0.1, -0.05) is 30.3 Å². The van der Waals surface area contributed by atoms with Crippen LogP contribution in [-0.2, 0) is 11.2 Å². The molecule has 0 aliphatic heterocycles. The predicted molar refractivity (Wildman–Crippen MR) is 84.3 cm³/mol. The Morgan fingerprint density at radius 2 is 1.90 bits per heavy atom. The molecule has 4 nitrogen and oxygen atoms in total. The van der Waals surface area contributed by atoms with Gasteiger partial charge in [-0.25, -0.2) is 0 Å². The van der Waals surface area contributed by atoms with E-state index in [4.69, 9.17) is 0 Å². The number of rotatable bonds is 6. The van der Waals surface area contributed by atoms with Crippen LogP contribution in [0.15, 0.2) is 54.6 Å². The number of carbonyl (C=O) groups excluding carboxylic acids is 1. The molecule has 2 rings (SSSR count). The highest BCUT2D eigenvalue weighted by Gasteiger charge is 2.08. The molecule has 0 radical (unpaired) electrons. The Morgan fingerprint density at radius 3 is 2.62 bits per heavy atom. The minimum Gasteiger partial charge on any atom is -0.508 e. The van der Waals surface area contributed by atoms with E-state index in [1.165, 1.54) is 0 Å². The molecular formula is C17H20N2O2. The van der Waals surface area contributed by atoms with Gasteiger partial charge in [0.05, 0.1) is 6.42 Å². The maximum Gasteiger partial charge on any atom is 0.224 e. The lowest BCUT2D eigenvalue weighted by atomic mass is 10.1. The lowest BCUT2D eigenvalue weighted by Gasteiger charge is -2.15. The minimum atomic E-state index is -0.0528. The van der Waals surface area contributed by atoms with Gasteiger partial charge in [-0.15, -0.1) is 0 Å². The highest BCUT2D eigenvalue weighted by atomic mass is 16.3. The van der Waals surface area contributed by atoms with Crippen LogP contribution in [0.1, 0.15) is 12.5 Å². The van der Waals surface area contributed by atoms with Crippen molar-refractivity contribution < 1.29 is 9.90 Å². The summed E-state index contributed by atoms with van der Waals surface area (Å²) in [5.41, 5.74) is 1.84. The number of hydrogen-bond acceptors (Lipinski definition) is 3. The van der Waals surface area contributed by atoms with E-state index in [-0.39, 0.29) is 24.1 Å². The molecule has 0 saturated heterocycles. The van der Waals surface area contributed by atoms with Crippen molar-refractivity contribution in [3.63, 3.8) is 0 Å². The molecule has 1 amide bonds. The molecule has 21 heavy (non-hydrogen) atoms. The number of phenolic OH excluding ortho intramolecular Hbond substituents is 1. The zero-order valence-corrected chi connectivity index (χ0v) is 12.0. The second-order valence-electron chi connectivity index (χ2n) is 5.06.